The molecule has 1 fully saturated rings. The van der Waals surface area contributed by atoms with E-state index in [0.29, 0.717) is 18.7 Å². The number of hydrogen-bond donors (Lipinski definition) is 1. The predicted octanol–water partition coefficient (Wildman–Crippen LogP) is 3.73. The van der Waals surface area contributed by atoms with Gasteiger partial charge in [-0.25, -0.2) is 0 Å². The number of halogens is 3. The SMILES string of the molecule is O=C(COc1ccc(N2CCCC2=O)cc1)Nc1cccc(OC(F)(F)F)c1. The molecule has 1 N–H and O–H groups in total. The number of nitrogens with zero attached hydrogens (tertiary/aromatic N) is 1. The van der Waals surface area contributed by atoms with E-state index in [-0.39, 0.29) is 18.2 Å². The Labute approximate surface area is 158 Å². The number of nitrogens with one attached hydrogen (secondary N) is 1. The van der Waals surface area contributed by atoms with E-state index in [9.17, 15) is 22.8 Å². The van der Waals surface area contributed by atoms with E-state index in [2.05, 4.69) is 10.1 Å². The molecule has 9 heteroatoms. The highest BCUT2D eigenvalue weighted by atomic mass is 19.4. The van der Waals surface area contributed by atoms with E-state index in [1.165, 1.54) is 12.1 Å². The highest BCUT2D eigenvalue weighted by Gasteiger charge is 2.31. The van der Waals surface area contributed by atoms with Crippen LogP contribution in [0, 0.1) is 0 Å². The molecule has 6 nitrogen and oxygen atoms in total. The van der Waals surface area contributed by atoms with Crippen LogP contribution in [0.15, 0.2) is 48.5 Å². The highest BCUT2D eigenvalue weighted by molar-refractivity contribution is 5.95. The molecule has 1 aliphatic heterocycles. The summed E-state index contributed by atoms with van der Waals surface area (Å²) in [6.45, 7) is 0.352. The lowest BCUT2D eigenvalue weighted by Gasteiger charge is -2.16. The summed E-state index contributed by atoms with van der Waals surface area (Å²) in [5, 5.41) is 2.44. The van der Waals surface area contributed by atoms with Gasteiger partial charge in [0.25, 0.3) is 5.91 Å². The minimum Gasteiger partial charge on any atom is -0.484 e. The largest absolute Gasteiger partial charge is 0.573 e. The molecule has 1 aliphatic rings. The second-order valence-electron chi connectivity index (χ2n) is 6.06. The minimum absolute atomic E-state index is 0.0739. The number of carbonyl (C=O) groups excluding carboxylic acids is 2. The number of rotatable bonds is 6. The van der Waals surface area contributed by atoms with Gasteiger partial charge in [-0.05, 0) is 42.8 Å². The lowest BCUT2D eigenvalue weighted by atomic mass is 10.3. The first-order chi connectivity index (χ1) is 13.3. The molecule has 1 heterocycles. The first kappa shape index (κ1) is 19.5. The molecule has 0 unspecified atom stereocenters. The van der Waals surface area contributed by atoms with E-state index in [0.717, 1.165) is 24.2 Å². The van der Waals surface area contributed by atoms with Gasteiger partial charge in [0.05, 0.1) is 0 Å². The fourth-order valence-electron chi connectivity index (χ4n) is 2.76. The van der Waals surface area contributed by atoms with E-state index in [1.54, 1.807) is 29.2 Å². The van der Waals surface area contributed by atoms with E-state index in [4.69, 9.17) is 4.74 Å². The first-order valence-corrected chi connectivity index (χ1v) is 8.49. The maximum atomic E-state index is 12.2. The zero-order chi connectivity index (χ0) is 20.1. The number of anilines is 2. The Bertz CT molecular complexity index is 853. The quantitative estimate of drug-likeness (QED) is 0.811. The van der Waals surface area contributed by atoms with Gasteiger partial charge in [-0.3, -0.25) is 9.59 Å². The lowest BCUT2D eigenvalue weighted by Crippen LogP contribution is -2.23. The van der Waals surface area contributed by atoms with Crippen LogP contribution in [0.1, 0.15) is 12.8 Å². The third kappa shape index (κ3) is 5.38. The van der Waals surface area contributed by atoms with Crippen molar-refractivity contribution in [3.63, 3.8) is 0 Å². The zero-order valence-electron chi connectivity index (χ0n) is 14.7. The summed E-state index contributed by atoms with van der Waals surface area (Å²) in [6.07, 6.45) is -3.45. The molecule has 0 spiro atoms. The minimum atomic E-state index is -4.81. The molecular weight excluding hydrogens is 377 g/mol. The van der Waals surface area contributed by atoms with Gasteiger partial charge in [-0.15, -0.1) is 13.2 Å². The van der Waals surface area contributed by atoms with E-state index in [1.807, 2.05) is 0 Å². The molecule has 1 saturated heterocycles. The number of alkyl halides is 3. The van der Waals surface area contributed by atoms with Crippen LogP contribution in [0.4, 0.5) is 24.5 Å². The predicted molar refractivity (Wildman–Crippen MR) is 95.3 cm³/mol. The maximum Gasteiger partial charge on any atom is 0.573 e. The molecule has 148 valence electrons. The van der Waals surface area contributed by atoms with Gasteiger partial charge in [-0.2, -0.15) is 0 Å². The first-order valence-electron chi connectivity index (χ1n) is 8.49. The van der Waals surface area contributed by atoms with E-state index >= 15 is 0 Å². The molecule has 3 rings (SSSR count). The van der Waals surface area contributed by atoms with Gasteiger partial charge in [0.1, 0.15) is 11.5 Å². The van der Waals surface area contributed by atoms with Crippen LogP contribution >= 0.6 is 0 Å². The fourth-order valence-corrected chi connectivity index (χ4v) is 2.76. The third-order valence-electron chi connectivity index (χ3n) is 3.94. The molecular formula is C19H17F3N2O4. The molecule has 0 aliphatic carbocycles. The number of hydrogen-bond acceptors (Lipinski definition) is 4. The van der Waals surface area contributed by atoms with Crippen LogP contribution in [0.3, 0.4) is 0 Å². The van der Waals surface area contributed by atoms with E-state index < -0.39 is 18.0 Å². The highest BCUT2D eigenvalue weighted by Crippen LogP contribution is 2.26. The monoisotopic (exact) mass is 394 g/mol. The summed E-state index contributed by atoms with van der Waals surface area (Å²) < 4.78 is 45.9. The third-order valence-corrected chi connectivity index (χ3v) is 3.94. The van der Waals surface area contributed by atoms with Crippen molar-refractivity contribution in [1.82, 2.24) is 0 Å². The van der Waals surface area contributed by atoms with Crippen LogP contribution in [0.5, 0.6) is 11.5 Å². The average Bonchev–Trinajstić information content (AvgIpc) is 3.05. The van der Waals surface area contributed by atoms with Crippen molar-refractivity contribution in [1.29, 1.82) is 0 Å². The van der Waals surface area contributed by atoms with Crippen molar-refractivity contribution in [2.75, 3.05) is 23.4 Å². The van der Waals surface area contributed by atoms with Gasteiger partial charge >= 0.3 is 6.36 Å². The second kappa shape index (κ2) is 8.20. The molecule has 28 heavy (non-hydrogen) atoms. The van der Waals surface area contributed by atoms with Crippen LogP contribution in [0.2, 0.25) is 0 Å². The molecule has 0 bridgehead atoms. The number of carbonyl (C=O) groups is 2. The molecule has 2 aromatic rings. The summed E-state index contributed by atoms with van der Waals surface area (Å²) in [6, 6.07) is 11.7. The van der Waals surface area contributed by atoms with Crippen molar-refractivity contribution < 1.29 is 32.2 Å². The Balaban J connectivity index is 1.52. The van der Waals surface area contributed by atoms with Gasteiger partial charge in [0, 0.05) is 30.4 Å². The van der Waals surface area contributed by atoms with Crippen molar-refractivity contribution >= 4 is 23.2 Å². The van der Waals surface area contributed by atoms with Gasteiger partial charge in [0.15, 0.2) is 6.61 Å². The Morgan fingerprint density at radius 3 is 2.50 bits per heavy atom. The Hall–Kier alpha value is -3.23. The number of ether oxygens (including phenoxy) is 2. The van der Waals surface area contributed by atoms with Gasteiger partial charge < -0.3 is 19.7 Å². The summed E-state index contributed by atoms with van der Waals surface area (Å²) >= 11 is 0. The Morgan fingerprint density at radius 1 is 1.11 bits per heavy atom. The number of amides is 2. The van der Waals surface area contributed by atoms with Crippen LogP contribution in [-0.4, -0.2) is 31.3 Å². The fraction of sp³-hybridized carbons (Fsp3) is 0.263. The van der Waals surface area contributed by atoms with Crippen molar-refractivity contribution in [2.45, 2.75) is 19.2 Å². The van der Waals surface area contributed by atoms with Crippen molar-refractivity contribution in [3.05, 3.63) is 48.5 Å². The van der Waals surface area contributed by atoms with Crippen LogP contribution < -0.4 is 19.7 Å². The summed E-state index contributed by atoms with van der Waals surface area (Å²) in [5.74, 6) is -0.467. The van der Waals surface area contributed by atoms with Crippen molar-refractivity contribution in [3.8, 4) is 11.5 Å². The Kier molecular flexibility index (Phi) is 5.72. The standard InChI is InChI=1S/C19H17F3N2O4/c20-19(21,22)28-16-4-1-3-13(11-16)23-17(25)12-27-15-8-6-14(7-9-15)24-10-2-5-18(24)26/h1,3-4,6-9,11H,2,5,10,12H2,(H,23,25). The second-order valence-corrected chi connectivity index (χ2v) is 6.06. The van der Waals surface area contributed by atoms with Gasteiger partial charge in [-0.1, -0.05) is 6.07 Å². The zero-order valence-corrected chi connectivity index (χ0v) is 14.7. The van der Waals surface area contributed by atoms with Crippen LogP contribution in [-0.2, 0) is 9.59 Å². The summed E-state index contributed by atoms with van der Waals surface area (Å²) in [7, 11) is 0. The molecule has 0 saturated carbocycles. The normalized spacial score (nSPS) is 14.1. The van der Waals surface area contributed by atoms with Crippen LogP contribution in [0.25, 0.3) is 0 Å². The maximum absolute atomic E-state index is 12.2. The molecule has 0 radical (unpaired) electrons. The Morgan fingerprint density at radius 2 is 1.86 bits per heavy atom. The molecule has 2 aromatic carbocycles. The molecule has 0 atom stereocenters. The topological polar surface area (TPSA) is 67.9 Å². The summed E-state index contributed by atoms with van der Waals surface area (Å²) in [5.41, 5.74) is 0.916. The summed E-state index contributed by atoms with van der Waals surface area (Å²) in [4.78, 5) is 25.4. The average molecular weight is 394 g/mol. The molecule has 2 amide bonds. The van der Waals surface area contributed by atoms with Gasteiger partial charge in [0.2, 0.25) is 5.91 Å². The smallest absolute Gasteiger partial charge is 0.484 e. The molecule has 0 aromatic heterocycles. The number of benzene rings is 2. The van der Waals surface area contributed by atoms with Crippen molar-refractivity contribution in [2.24, 2.45) is 0 Å². The lowest BCUT2D eigenvalue weighted by molar-refractivity contribution is -0.274.